The monoisotopic (exact) mass is 326 g/mol. The normalized spacial score (nSPS) is 10.5. The number of aryl methyl sites for hydroxylation is 1. The molecule has 0 aliphatic heterocycles. The van der Waals surface area contributed by atoms with E-state index in [9.17, 15) is 8.78 Å². The molecule has 5 heteroatoms. The summed E-state index contributed by atoms with van der Waals surface area (Å²) in [5.74, 6) is -0.298. The van der Waals surface area contributed by atoms with E-state index < -0.39 is 11.6 Å². The van der Waals surface area contributed by atoms with E-state index in [0.29, 0.717) is 18.5 Å². The lowest BCUT2D eigenvalue weighted by atomic mass is 10.1. The fraction of sp³-hybridized carbons (Fsp3) is 0.214. The van der Waals surface area contributed by atoms with Gasteiger partial charge in [-0.1, -0.05) is 6.07 Å². The van der Waals surface area contributed by atoms with Gasteiger partial charge in [0.2, 0.25) is 0 Å². The lowest BCUT2D eigenvalue weighted by molar-refractivity contribution is 0.572. The molecular formula is C14H13BrF2N2. The summed E-state index contributed by atoms with van der Waals surface area (Å²) < 4.78 is 27.1. The summed E-state index contributed by atoms with van der Waals surface area (Å²) in [6.45, 7) is 2.48. The first-order chi connectivity index (χ1) is 9.06. The Labute approximate surface area is 119 Å². The molecule has 0 aliphatic carbocycles. The Morgan fingerprint density at radius 2 is 2.05 bits per heavy atom. The number of benzene rings is 1. The highest BCUT2D eigenvalue weighted by atomic mass is 79.9. The van der Waals surface area contributed by atoms with Gasteiger partial charge in [-0.15, -0.1) is 0 Å². The number of nitrogens with one attached hydrogen (secondary N) is 1. The number of hydrogen-bond acceptors (Lipinski definition) is 2. The van der Waals surface area contributed by atoms with Gasteiger partial charge in [-0.25, -0.2) is 13.8 Å². The molecule has 2 aromatic rings. The Hall–Kier alpha value is -1.49. The van der Waals surface area contributed by atoms with E-state index >= 15 is 0 Å². The summed E-state index contributed by atoms with van der Waals surface area (Å²) in [6.07, 6.45) is 2.18. The lowest BCUT2D eigenvalue weighted by Crippen LogP contribution is -2.08. The van der Waals surface area contributed by atoms with Gasteiger partial charge in [0.25, 0.3) is 0 Å². The molecule has 0 saturated carbocycles. The molecular weight excluding hydrogens is 314 g/mol. The van der Waals surface area contributed by atoms with Gasteiger partial charge in [-0.3, -0.25) is 0 Å². The molecule has 0 radical (unpaired) electrons. The quantitative estimate of drug-likeness (QED) is 0.915. The Bertz CT molecular complexity index is 536. The van der Waals surface area contributed by atoms with E-state index in [1.54, 1.807) is 6.20 Å². The van der Waals surface area contributed by atoms with Crippen LogP contribution in [-0.2, 0) is 6.42 Å². The summed E-state index contributed by atoms with van der Waals surface area (Å²) in [5.41, 5.74) is 1.50. The van der Waals surface area contributed by atoms with Crippen LogP contribution < -0.4 is 5.32 Å². The zero-order chi connectivity index (χ0) is 13.8. The molecule has 19 heavy (non-hydrogen) atoms. The van der Waals surface area contributed by atoms with Gasteiger partial charge in [0.15, 0.2) is 0 Å². The fourth-order valence-corrected chi connectivity index (χ4v) is 2.21. The Balaban J connectivity index is 1.96. The van der Waals surface area contributed by atoms with Crippen LogP contribution in [0.2, 0.25) is 0 Å². The molecule has 2 nitrogen and oxygen atoms in total. The van der Waals surface area contributed by atoms with Crippen LogP contribution >= 0.6 is 15.9 Å². The van der Waals surface area contributed by atoms with E-state index in [1.165, 1.54) is 12.1 Å². The van der Waals surface area contributed by atoms with Crippen LogP contribution in [0.4, 0.5) is 14.6 Å². The first-order valence-electron chi connectivity index (χ1n) is 5.86. The lowest BCUT2D eigenvalue weighted by Gasteiger charge is -2.09. The molecule has 2 rings (SSSR count). The molecule has 0 unspecified atom stereocenters. The van der Waals surface area contributed by atoms with Gasteiger partial charge in [0.1, 0.15) is 17.5 Å². The molecule has 0 spiro atoms. The topological polar surface area (TPSA) is 24.9 Å². The van der Waals surface area contributed by atoms with Crippen molar-refractivity contribution in [1.29, 1.82) is 0 Å². The Morgan fingerprint density at radius 1 is 1.26 bits per heavy atom. The van der Waals surface area contributed by atoms with Crippen LogP contribution in [0.3, 0.4) is 0 Å². The summed E-state index contributed by atoms with van der Waals surface area (Å²) >= 11 is 3.34. The van der Waals surface area contributed by atoms with Gasteiger partial charge in [0, 0.05) is 23.3 Å². The molecule has 0 saturated heterocycles. The minimum absolute atomic E-state index is 0.475. The molecule has 0 aliphatic rings. The zero-order valence-corrected chi connectivity index (χ0v) is 12.0. The van der Waals surface area contributed by atoms with Crippen molar-refractivity contribution >= 4 is 21.7 Å². The molecule has 100 valence electrons. The maximum Gasteiger partial charge on any atom is 0.129 e. The van der Waals surface area contributed by atoms with E-state index in [0.717, 1.165) is 21.9 Å². The van der Waals surface area contributed by atoms with Gasteiger partial charge in [0.05, 0.1) is 0 Å². The smallest absolute Gasteiger partial charge is 0.129 e. The first kappa shape index (κ1) is 13.9. The number of pyridine rings is 1. The highest BCUT2D eigenvalue weighted by Gasteiger charge is 2.04. The van der Waals surface area contributed by atoms with E-state index in [2.05, 4.69) is 26.2 Å². The number of nitrogens with zero attached hydrogens (tertiary/aromatic N) is 1. The Kier molecular flexibility index (Phi) is 4.47. The van der Waals surface area contributed by atoms with Crippen LogP contribution in [-0.4, -0.2) is 11.5 Å². The van der Waals surface area contributed by atoms with Crippen LogP contribution in [0, 0.1) is 18.6 Å². The van der Waals surface area contributed by atoms with Gasteiger partial charge >= 0.3 is 0 Å². The third-order valence-corrected chi connectivity index (χ3v) is 3.18. The summed E-state index contributed by atoms with van der Waals surface area (Å²) in [6, 6.07) is 5.59. The van der Waals surface area contributed by atoms with Crippen molar-refractivity contribution in [2.24, 2.45) is 0 Å². The maximum atomic E-state index is 13.4. The van der Waals surface area contributed by atoms with Crippen LogP contribution in [0.1, 0.15) is 11.1 Å². The number of anilines is 1. The third kappa shape index (κ3) is 3.73. The van der Waals surface area contributed by atoms with Crippen LogP contribution in [0.5, 0.6) is 0 Å². The number of hydrogen-bond donors (Lipinski definition) is 1. The molecule has 1 heterocycles. The summed E-state index contributed by atoms with van der Waals surface area (Å²) in [4.78, 5) is 4.23. The average Bonchev–Trinajstić information content (AvgIpc) is 2.34. The van der Waals surface area contributed by atoms with Crippen molar-refractivity contribution in [2.75, 3.05) is 11.9 Å². The number of aromatic nitrogens is 1. The molecule has 0 bridgehead atoms. The van der Waals surface area contributed by atoms with Crippen LogP contribution in [0.25, 0.3) is 0 Å². The fourth-order valence-electron chi connectivity index (χ4n) is 1.77. The van der Waals surface area contributed by atoms with Crippen molar-refractivity contribution < 1.29 is 8.78 Å². The molecule has 1 aromatic carbocycles. The van der Waals surface area contributed by atoms with Crippen molar-refractivity contribution in [3.8, 4) is 0 Å². The predicted molar refractivity (Wildman–Crippen MR) is 75.2 cm³/mol. The molecule has 0 atom stereocenters. The Morgan fingerprint density at radius 3 is 2.74 bits per heavy atom. The molecule has 0 fully saturated rings. The van der Waals surface area contributed by atoms with Gasteiger partial charge in [-0.2, -0.15) is 0 Å². The van der Waals surface area contributed by atoms with E-state index in [1.807, 2.05) is 13.0 Å². The van der Waals surface area contributed by atoms with E-state index in [4.69, 9.17) is 0 Å². The van der Waals surface area contributed by atoms with Gasteiger partial charge in [-0.05, 0) is 52.5 Å². The highest BCUT2D eigenvalue weighted by molar-refractivity contribution is 9.10. The number of rotatable bonds is 4. The summed E-state index contributed by atoms with van der Waals surface area (Å²) in [7, 11) is 0. The van der Waals surface area contributed by atoms with Crippen molar-refractivity contribution in [3.05, 3.63) is 57.7 Å². The second-order valence-corrected chi connectivity index (χ2v) is 5.15. The van der Waals surface area contributed by atoms with Crippen molar-refractivity contribution in [3.63, 3.8) is 0 Å². The van der Waals surface area contributed by atoms with Crippen LogP contribution in [0.15, 0.2) is 34.9 Å². The third-order valence-electron chi connectivity index (χ3n) is 2.75. The van der Waals surface area contributed by atoms with Crippen molar-refractivity contribution in [2.45, 2.75) is 13.3 Å². The second kappa shape index (κ2) is 6.10. The first-order valence-corrected chi connectivity index (χ1v) is 6.65. The van der Waals surface area contributed by atoms with Gasteiger partial charge < -0.3 is 5.32 Å². The largest absolute Gasteiger partial charge is 0.370 e. The number of halogens is 3. The summed E-state index contributed by atoms with van der Waals surface area (Å²) in [5, 5.41) is 3.14. The molecule has 1 aromatic heterocycles. The van der Waals surface area contributed by atoms with E-state index in [-0.39, 0.29) is 0 Å². The molecule has 1 N–H and O–H groups in total. The molecule has 0 amide bonds. The maximum absolute atomic E-state index is 13.4. The highest BCUT2D eigenvalue weighted by Crippen LogP contribution is 2.17. The second-order valence-electron chi connectivity index (χ2n) is 4.23. The zero-order valence-electron chi connectivity index (χ0n) is 10.4. The SMILES string of the molecule is Cc1cc(Br)cnc1NCCc1ccc(F)cc1F. The minimum atomic E-state index is -0.556. The minimum Gasteiger partial charge on any atom is -0.370 e. The average molecular weight is 327 g/mol. The predicted octanol–water partition coefficient (Wildman–Crippen LogP) is 4.09. The standard InChI is InChI=1S/C14H13BrF2N2/c1-9-6-11(15)8-19-14(9)18-5-4-10-2-3-12(16)7-13(10)17/h2-3,6-8H,4-5H2,1H3,(H,18,19). The van der Waals surface area contributed by atoms with Crippen molar-refractivity contribution in [1.82, 2.24) is 4.98 Å².